The van der Waals surface area contributed by atoms with Crippen molar-refractivity contribution in [2.75, 3.05) is 20.1 Å². The lowest BCUT2D eigenvalue weighted by molar-refractivity contribution is -0.253. The fraction of sp³-hybridized carbons (Fsp3) is 0.350. The summed E-state index contributed by atoms with van der Waals surface area (Å²) in [6, 6.07) is 4.21. The number of carbonyl (C=O) groups is 2. The maximum atomic E-state index is 13.4. The highest BCUT2D eigenvalue weighted by Crippen LogP contribution is 2.35. The predicted octanol–water partition coefficient (Wildman–Crippen LogP) is 2.88. The number of aromatic nitrogens is 3. The van der Waals surface area contributed by atoms with Crippen molar-refractivity contribution in [3.05, 3.63) is 53.1 Å². The number of morpholine rings is 1. The highest BCUT2D eigenvalue weighted by Gasteiger charge is 2.47. The highest BCUT2D eigenvalue weighted by atomic mass is 35.5. The predicted molar refractivity (Wildman–Crippen MR) is 109 cm³/mol. The quantitative estimate of drug-likeness (QED) is 0.546. The molecule has 1 fully saturated rings. The molecule has 2 aromatic rings. The molecule has 0 bridgehead atoms. The van der Waals surface area contributed by atoms with Crippen LogP contribution in [0, 0.1) is 6.92 Å². The second kappa shape index (κ2) is 9.21. The first-order valence-corrected chi connectivity index (χ1v) is 9.78. The van der Waals surface area contributed by atoms with E-state index in [-0.39, 0.29) is 34.3 Å². The lowest BCUT2D eigenvalue weighted by Crippen LogP contribution is -2.51. The normalized spacial score (nSPS) is 18.9. The number of hydrogen-bond donors (Lipinski definition) is 1. The van der Waals surface area contributed by atoms with E-state index in [1.54, 1.807) is 6.92 Å². The van der Waals surface area contributed by atoms with Crippen LogP contribution in [0.5, 0.6) is 0 Å². The molecule has 2 aromatic heterocycles. The molecular weight excluding hydrogens is 451 g/mol. The van der Waals surface area contributed by atoms with E-state index in [4.69, 9.17) is 16.3 Å². The minimum absolute atomic E-state index is 0.0189. The van der Waals surface area contributed by atoms with Crippen molar-refractivity contribution in [2.24, 2.45) is 0 Å². The van der Waals surface area contributed by atoms with Gasteiger partial charge in [0.15, 0.2) is 6.10 Å². The van der Waals surface area contributed by atoms with E-state index >= 15 is 0 Å². The molecule has 1 N–H and O–H groups in total. The summed E-state index contributed by atoms with van der Waals surface area (Å²) < 4.78 is 45.5. The van der Waals surface area contributed by atoms with E-state index in [1.165, 1.54) is 25.2 Å². The number of rotatable bonds is 4. The summed E-state index contributed by atoms with van der Waals surface area (Å²) in [5.41, 5.74) is 0.824. The van der Waals surface area contributed by atoms with E-state index in [0.717, 1.165) is 11.0 Å². The van der Waals surface area contributed by atoms with Gasteiger partial charge in [-0.3, -0.25) is 9.59 Å². The molecule has 0 saturated carbocycles. The molecule has 170 valence electrons. The summed E-state index contributed by atoms with van der Waals surface area (Å²) in [5, 5.41) is 2.43. The summed E-state index contributed by atoms with van der Waals surface area (Å²) in [4.78, 5) is 37.5. The van der Waals surface area contributed by atoms with Crippen LogP contribution >= 0.6 is 11.6 Å². The van der Waals surface area contributed by atoms with Crippen molar-refractivity contribution < 1.29 is 27.5 Å². The first kappa shape index (κ1) is 23.6. The van der Waals surface area contributed by atoms with Crippen molar-refractivity contribution in [1.82, 2.24) is 25.2 Å². The molecule has 0 aliphatic carbocycles. The van der Waals surface area contributed by atoms with Crippen LogP contribution in [0.1, 0.15) is 28.0 Å². The summed E-state index contributed by atoms with van der Waals surface area (Å²) >= 11 is 6.13. The fourth-order valence-corrected chi connectivity index (χ4v) is 3.43. The third-order valence-electron chi connectivity index (χ3n) is 4.70. The second-order valence-corrected chi connectivity index (χ2v) is 7.36. The summed E-state index contributed by atoms with van der Waals surface area (Å²) in [7, 11) is 1.45. The lowest BCUT2D eigenvalue weighted by atomic mass is 10.0. The van der Waals surface area contributed by atoms with Crippen molar-refractivity contribution in [3.8, 4) is 11.4 Å². The van der Waals surface area contributed by atoms with Crippen LogP contribution in [0.4, 0.5) is 13.2 Å². The first-order valence-electron chi connectivity index (χ1n) is 9.41. The Morgan fingerprint density at radius 3 is 2.53 bits per heavy atom. The summed E-state index contributed by atoms with van der Waals surface area (Å²) in [6.07, 6.45) is -7.03. The maximum absolute atomic E-state index is 13.4. The average molecular weight is 470 g/mol. The van der Waals surface area contributed by atoms with Gasteiger partial charge in [0.2, 0.25) is 5.91 Å². The monoisotopic (exact) mass is 469 g/mol. The van der Waals surface area contributed by atoms with E-state index < -0.39 is 36.7 Å². The molecule has 1 aliphatic rings. The largest absolute Gasteiger partial charge is 0.416 e. The first-order chi connectivity index (χ1) is 15.0. The number of hydrogen-bond acceptors (Lipinski definition) is 6. The van der Waals surface area contributed by atoms with Crippen LogP contribution < -0.4 is 5.32 Å². The molecule has 2 amide bonds. The van der Waals surface area contributed by atoms with Gasteiger partial charge in [0.25, 0.3) is 5.91 Å². The molecule has 0 aromatic carbocycles. The minimum atomic E-state index is -4.68. The van der Waals surface area contributed by atoms with Gasteiger partial charge in [-0.1, -0.05) is 18.2 Å². The van der Waals surface area contributed by atoms with Gasteiger partial charge in [-0.2, -0.15) is 13.2 Å². The Kier molecular flexibility index (Phi) is 6.79. The fourth-order valence-electron chi connectivity index (χ4n) is 3.21. The Morgan fingerprint density at radius 1 is 1.22 bits per heavy atom. The summed E-state index contributed by atoms with van der Waals surface area (Å²) in [5.74, 6) is -0.797. The van der Waals surface area contributed by atoms with Gasteiger partial charge >= 0.3 is 6.18 Å². The molecule has 12 heteroatoms. The highest BCUT2D eigenvalue weighted by molar-refractivity contribution is 6.29. The standard InChI is InChI=1S/C20H19ClF3N5O3/c1-4-18(30)29-8-15(32-16(9-29)20(22,23)24)11-5-12(28-17(21)6-11)13-7-14(19(31)25-3)27-10(2)26-13/h4-7,15-16H,1,8-9H2,2-3H3,(H,25,31)/t15-,16-/m0/s1. The molecule has 2 atom stereocenters. The van der Waals surface area contributed by atoms with E-state index in [2.05, 4.69) is 26.8 Å². The number of ether oxygens (including phenoxy) is 1. The molecule has 8 nitrogen and oxygen atoms in total. The Balaban J connectivity index is 2.02. The minimum Gasteiger partial charge on any atom is -0.357 e. The third-order valence-corrected chi connectivity index (χ3v) is 4.89. The van der Waals surface area contributed by atoms with Gasteiger partial charge in [0.05, 0.1) is 24.5 Å². The molecule has 0 radical (unpaired) electrons. The van der Waals surface area contributed by atoms with E-state index in [0.29, 0.717) is 5.82 Å². The van der Waals surface area contributed by atoms with E-state index in [9.17, 15) is 22.8 Å². The van der Waals surface area contributed by atoms with Crippen molar-refractivity contribution in [3.63, 3.8) is 0 Å². The van der Waals surface area contributed by atoms with Crippen molar-refractivity contribution in [2.45, 2.75) is 25.3 Å². The van der Waals surface area contributed by atoms with Gasteiger partial charge in [-0.25, -0.2) is 15.0 Å². The molecule has 1 aliphatic heterocycles. The zero-order valence-electron chi connectivity index (χ0n) is 17.1. The number of amides is 2. The zero-order valence-corrected chi connectivity index (χ0v) is 17.9. The van der Waals surface area contributed by atoms with Gasteiger partial charge in [0, 0.05) is 7.05 Å². The maximum Gasteiger partial charge on any atom is 0.416 e. The zero-order chi connectivity index (χ0) is 23.6. The van der Waals surface area contributed by atoms with E-state index in [1.807, 2.05) is 0 Å². The van der Waals surface area contributed by atoms with Crippen LogP contribution in [-0.4, -0.2) is 64.1 Å². The third kappa shape index (κ3) is 5.22. The van der Waals surface area contributed by atoms with Gasteiger partial charge < -0.3 is 15.0 Å². The number of halogens is 4. The SMILES string of the molecule is C=CC(=O)N1C[C@@H](c2cc(Cl)nc(-c3cc(C(=O)NC)nc(C)n3)c2)O[C@H](C(F)(F)F)C1. The van der Waals surface area contributed by atoms with Crippen LogP contribution in [0.3, 0.4) is 0 Å². The number of carbonyl (C=O) groups excluding carboxylic acids is 2. The average Bonchev–Trinajstić information content (AvgIpc) is 2.76. The molecular formula is C20H19ClF3N5O3. The molecule has 0 spiro atoms. The molecule has 3 rings (SSSR count). The van der Waals surface area contributed by atoms with Crippen molar-refractivity contribution >= 4 is 23.4 Å². The van der Waals surface area contributed by atoms with Crippen LogP contribution in [0.15, 0.2) is 30.9 Å². The Bertz CT molecular complexity index is 1060. The Morgan fingerprint density at radius 2 is 1.91 bits per heavy atom. The van der Waals surface area contributed by atoms with Crippen LogP contribution in [0.25, 0.3) is 11.4 Å². The lowest BCUT2D eigenvalue weighted by Gasteiger charge is -2.38. The smallest absolute Gasteiger partial charge is 0.357 e. The summed E-state index contributed by atoms with van der Waals surface area (Å²) in [6.45, 7) is 4.14. The Labute approximate surface area is 186 Å². The van der Waals surface area contributed by atoms with Gasteiger partial charge in [-0.05, 0) is 36.8 Å². The van der Waals surface area contributed by atoms with Gasteiger partial charge in [0.1, 0.15) is 22.8 Å². The second-order valence-electron chi connectivity index (χ2n) is 6.98. The number of pyridine rings is 1. The Hall–Kier alpha value is -3.05. The topological polar surface area (TPSA) is 97.3 Å². The number of alkyl halides is 3. The number of nitrogens with zero attached hydrogens (tertiary/aromatic N) is 4. The van der Waals surface area contributed by atoms with Crippen LogP contribution in [0.2, 0.25) is 5.15 Å². The molecule has 1 saturated heterocycles. The van der Waals surface area contributed by atoms with Crippen molar-refractivity contribution in [1.29, 1.82) is 0 Å². The molecule has 32 heavy (non-hydrogen) atoms. The molecule has 0 unspecified atom stereocenters. The van der Waals surface area contributed by atoms with Gasteiger partial charge in [-0.15, -0.1) is 0 Å². The number of aryl methyl sites for hydroxylation is 1. The number of nitrogens with one attached hydrogen (secondary N) is 1. The van der Waals surface area contributed by atoms with Crippen LogP contribution in [-0.2, 0) is 9.53 Å². The molecule has 3 heterocycles.